The number of hydrogen-bond donors (Lipinski definition) is 1. The summed E-state index contributed by atoms with van der Waals surface area (Å²) in [6.07, 6.45) is -0.283. The van der Waals surface area contributed by atoms with Gasteiger partial charge in [-0.15, -0.1) is 4.90 Å². The lowest BCUT2D eigenvalue weighted by Crippen LogP contribution is -2.52. The number of H-pyrrole nitrogens is 1. The average molecular weight is 512 g/mol. The second-order valence-electron chi connectivity index (χ2n) is 10.0. The zero-order valence-corrected chi connectivity index (χ0v) is 22.2. The van der Waals surface area contributed by atoms with E-state index < -0.39 is 29.8 Å². The number of hydrogen-bond acceptors (Lipinski definition) is 11. The smallest absolute Gasteiger partial charge is 0.424 e. The van der Waals surface area contributed by atoms with E-state index in [-0.39, 0.29) is 25.5 Å². The summed E-state index contributed by atoms with van der Waals surface area (Å²) in [5.74, 6) is 0. The molecule has 0 radical (unpaired) electrons. The topological polar surface area (TPSA) is 147 Å². The van der Waals surface area contributed by atoms with Crippen LogP contribution in [-0.4, -0.2) is 80.7 Å². The molecule has 2 heterocycles. The molecule has 0 aliphatic rings. The number of nitrogens with one attached hydrogen (secondary N) is 1. The molecule has 2 aromatic rings. The third-order valence-electron chi connectivity index (χ3n) is 3.93. The Labute approximate surface area is 210 Å². The quantitative estimate of drug-likeness (QED) is 0.345. The van der Waals surface area contributed by atoms with Crippen LogP contribution in [0.15, 0.2) is 12.5 Å². The highest BCUT2D eigenvalue weighted by Gasteiger charge is 2.39. The number of amides is 2. The highest BCUT2D eigenvalue weighted by Crippen LogP contribution is 2.20. The van der Waals surface area contributed by atoms with Gasteiger partial charge in [-0.3, -0.25) is 0 Å². The van der Waals surface area contributed by atoms with Gasteiger partial charge in [-0.1, -0.05) is 0 Å². The van der Waals surface area contributed by atoms with Crippen LogP contribution in [0.25, 0.3) is 11.2 Å². The predicted octanol–water partition coefficient (Wildman–Crippen LogP) is 3.99. The van der Waals surface area contributed by atoms with Crippen LogP contribution >= 0.6 is 0 Å². The third kappa shape index (κ3) is 10.3. The molecule has 13 heteroatoms. The molecule has 36 heavy (non-hydrogen) atoms. The van der Waals surface area contributed by atoms with Gasteiger partial charge in [-0.05, 0) is 61.8 Å². The Balaban J connectivity index is 2.24. The molecular weight excluding hydrogens is 474 g/mol. The van der Waals surface area contributed by atoms with E-state index in [9.17, 15) is 9.59 Å². The Hall–Kier alpha value is -3.03. The molecular formula is C23H37N5O8. The van der Waals surface area contributed by atoms with Gasteiger partial charge in [-0.2, -0.15) is 4.98 Å². The van der Waals surface area contributed by atoms with Gasteiger partial charge in [0.25, 0.3) is 0 Å². The standard InChI is InChI=1S/C23H37N5O8/c1-15(2)33-14-31-10-9-11-32-21(34-18-24-12-16-17(27-18)26-13-25-16)28(19(29)35-22(3,4)5)20(30)36-23(6,7)8/h12-13,15,21H,9-11,14H2,1-8H3,(H,24,25,26,27). The summed E-state index contributed by atoms with van der Waals surface area (Å²) in [5.41, 5.74) is -0.900. The van der Waals surface area contributed by atoms with Gasteiger partial charge in [0, 0.05) is 0 Å². The van der Waals surface area contributed by atoms with Gasteiger partial charge < -0.3 is 33.4 Å². The maximum absolute atomic E-state index is 13.1. The molecule has 2 amide bonds. The van der Waals surface area contributed by atoms with Crippen LogP contribution in [0.2, 0.25) is 0 Å². The number of rotatable bonds is 11. The largest absolute Gasteiger partial charge is 0.443 e. The van der Waals surface area contributed by atoms with Gasteiger partial charge in [0.1, 0.15) is 23.5 Å². The summed E-state index contributed by atoms with van der Waals surface area (Å²) in [6.45, 7) is 14.3. The normalized spacial score (nSPS) is 13.0. The zero-order valence-electron chi connectivity index (χ0n) is 22.2. The molecule has 0 saturated heterocycles. The van der Waals surface area contributed by atoms with Gasteiger partial charge in [0.15, 0.2) is 5.65 Å². The first-order valence-electron chi connectivity index (χ1n) is 11.6. The number of imide groups is 1. The Morgan fingerprint density at radius 2 is 1.61 bits per heavy atom. The summed E-state index contributed by atoms with van der Waals surface area (Å²) >= 11 is 0. The van der Waals surface area contributed by atoms with Crippen molar-refractivity contribution in [2.75, 3.05) is 20.0 Å². The van der Waals surface area contributed by atoms with Gasteiger partial charge in [-0.25, -0.2) is 19.6 Å². The van der Waals surface area contributed by atoms with Gasteiger partial charge >= 0.3 is 24.6 Å². The molecule has 0 aromatic carbocycles. The fourth-order valence-corrected chi connectivity index (χ4v) is 2.49. The zero-order chi connectivity index (χ0) is 26.9. The van der Waals surface area contributed by atoms with Gasteiger partial charge in [0.05, 0.1) is 31.8 Å². The van der Waals surface area contributed by atoms with Crippen LogP contribution in [0.4, 0.5) is 9.59 Å². The van der Waals surface area contributed by atoms with Crippen molar-refractivity contribution in [1.82, 2.24) is 24.8 Å². The molecule has 1 atom stereocenters. The molecule has 0 saturated carbocycles. The van der Waals surface area contributed by atoms with Gasteiger partial charge in [0.2, 0.25) is 0 Å². The van der Waals surface area contributed by atoms with Crippen LogP contribution in [0, 0.1) is 0 Å². The lowest BCUT2D eigenvalue weighted by Gasteiger charge is -2.32. The van der Waals surface area contributed by atoms with Crippen LogP contribution in [0.3, 0.4) is 0 Å². The second-order valence-corrected chi connectivity index (χ2v) is 10.0. The molecule has 202 valence electrons. The monoisotopic (exact) mass is 511 g/mol. The van der Waals surface area contributed by atoms with Crippen LogP contribution in [0.5, 0.6) is 6.01 Å². The SMILES string of the molecule is CC(C)OCOCCCOC(Oc1ncc2[nH]cnc2n1)N(C(=O)OC(C)(C)C)C(=O)OC(C)(C)C. The van der Waals surface area contributed by atoms with E-state index in [4.69, 9.17) is 28.4 Å². The Bertz CT molecular complexity index is 955. The minimum Gasteiger partial charge on any atom is -0.443 e. The molecule has 0 spiro atoms. The molecule has 2 aromatic heterocycles. The summed E-state index contributed by atoms with van der Waals surface area (Å²) < 4.78 is 33.1. The second kappa shape index (κ2) is 12.8. The van der Waals surface area contributed by atoms with Crippen molar-refractivity contribution in [3.05, 3.63) is 12.5 Å². The number of carbonyl (C=O) groups is 2. The number of imidazole rings is 1. The minimum atomic E-state index is -1.60. The molecule has 1 N–H and O–H groups in total. The summed E-state index contributed by atoms with van der Waals surface area (Å²) in [7, 11) is 0. The minimum absolute atomic E-state index is 0.0436. The maximum Gasteiger partial charge on any atom is 0.424 e. The summed E-state index contributed by atoms with van der Waals surface area (Å²) in [4.78, 5) is 42.0. The summed E-state index contributed by atoms with van der Waals surface area (Å²) in [5, 5.41) is 0. The average Bonchev–Trinajstić information content (AvgIpc) is 3.18. The van der Waals surface area contributed by atoms with E-state index in [1.807, 2.05) is 13.8 Å². The first kappa shape index (κ1) is 29.2. The number of nitrogens with zero attached hydrogens (tertiary/aromatic N) is 4. The highest BCUT2D eigenvalue weighted by atomic mass is 16.7. The third-order valence-corrected chi connectivity index (χ3v) is 3.93. The van der Waals surface area contributed by atoms with Crippen molar-refractivity contribution in [3.8, 4) is 6.01 Å². The van der Waals surface area contributed by atoms with E-state index in [1.54, 1.807) is 41.5 Å². The highest BCUT2D eigenvalue weighted by molar-refractivity contribution is 5.88. The number of aromatic amines is 1. The Morgan fingerprint density at radius 1 is 0.972 bits per heavy atom. The van der Waals surface area contributed by atoms with Crippen LogP contribution in [-0.2, 0) is 23.7 Å². The van der Waals surface area contributed by atoms with Crippen molar-refractivity contribution in [3.63, 3.8) is 0 Å². The molecule has 2 rings (SSSR count). The molecule has 13 nitrogen and oxygen atoms in total. The number of ether oxygens (including phenoxy) is 6. The van der Waals surface area contributed by atoms with Crippen LogP contribution < -0.4 is 4.74 Å². The predicted molar refractivity (Wildman–Crippen MR) is 128 cm³/mol. The maximum atomic E-state index is 13.1. The van der Waals surface area contributed by atoms with E-state index in [0.717, 1.165) is 0 Å². The molecule has 1 unspecified atom stereocenters. The van der Waals surface area contributed by atoms with Crippen molar-refractivity contribution in [1.29, 1.82) is 0 Å². The van der Waals surface area contributed by atoms with Crippen molar-refractivity contribution < 1.29 is 38.0 Å². The molecule has 0 aliphatic heterocycles. The first-order chi connectivity index (χ1) is 16.7. The first-order valence-corrected chi connectivity index (χ1v) is 11.6. The van der Waals surface area contributed by atoms with Crippen molar-refractivity contribution >= 4 is 23.4 Å². The van der Waals surface area contributed by atoms with Crippen molar-refractivity contribution in [2.24, 2.45) is 0 Å². The Morgan fingerprint density at radius 3 is 2.19 bits per heavy atom. The molecule has 0 aliphatic carbocycles. The number of fused-ring (bicyclic) bond motifs is 1. The molecule has 0 fully saturated rings. The lowest BCUT2D eigenvalue weighted by molar-refractivity contribution is -0.168. The van der Waals surface area contributed by atoms with Crippen LogP contribution in [0.1, 0.15) is 61.8 Å². The number of carbonyl (C=O) groups excluding carboxylic acids is 2. The number of aromatic nitrogens is 4. The van der Waals surface area contributed by atoms with E-state index in [0.29, 0.717) is 29.1 Å². The van der Waals surface area contributed by atoms with E-state index in [1.165, 1.54) is 12.5 Å². The van der Waals surface area contributed by atoms with Crippen molar-refractivity contribution in [2.45, 2.75) is 85.5 Å². The fraction of sp³-hybridized carbons (Fsp3) is 0.696. The molecule has 0 bridgehead atoms. The van der Waals surface area contributed by atoms with E-state index >= 15 is 0 Å². The summed E-state index contributed by atoms with van der Waals surface area (Å²) in [6, 6.07) is -0.168. The van der Waals surface area contributed by atoms with E-state index in [2.05, 4.69) is 19.9 Å². The Kier molecular flexibility index (Phi) is 10.4. The lowest BCUT2D eigenvalue weighted by atomic mass is 10.2. The fourth-order valence-electron chi connectivity index (χ4n) is 2.49.